The fourth-order valence-corrected chi connectivity index (χ4v) is 1.20. The molecule has 0 spiro atoms. The molecule has 4 nitrogen and oxygen atoms in total. The number of fused-ring (bicyclic) bond motifs is 1. The molecule has 2 aromatic rings. The summed E-state index contributed by atoms with van der Waals surface area (Å²) in [5.41, 5.74) is 0.410. The lowest BCUT2D eigenvalue weighted by Crippen LogP contribution is -2.16. The van der Waals surface area contributed by atoms with E-state index in [1.54, 1.807) is 13.1 Å². The summed E-state index contributed by atoms with van der Waals surface area (Å²) in [5.74, 6) is 0.119. The minimum atomic E-state index is -0.106. The van der Waals surface area contributed by atoms with Gasteiger partial charge in [-0.3, -0.25) is 4.79 Å². The molecule has 0 amide bonds. The molecule has 1 aromatic heterocycles. The molecular formula is C9H8N2O2. The number of hydrogen-bond donors (Lipinski definition) is 1. The molecule has 0 radical (unpaired) electrons. The van der Waals surface area contributed by atoms with Gasteiger partial charge in [0.15, 0.2) is 0 Å². The lowest BCUT2D eigenvalue weighted by molar-refractivity contribution is 0.476. The summed E-state index contributed by atoms with van der Waals surface area (Å²) in [5, 5.41) is 9.66. The molecule has 13 heavy (non-hydrogen) atoms. The fourth-order valence-electron chi connectivity index (χ4n) is 1.20. The van der Waals surface area contributed by atoms with Gasteiger partial charge in [0.25, 0.3) is 5.56 Å². The summed E-state index contributed by atoms with van der Waals surface area (Å²) in [4.78, 5) is 15.5. The number of phenolic OH excluding ortho intramolecular Hbond substituents is 1. The van der Waals surface area contributed by atoms with E-state index < -0.39 is 0 Å². The number of rotatable bonds is 0. The summed E-state index contributed by atoms with van der Waals surface area (Å²) >= 11 is 0. The number of aromatic hydroxyl groups is 1. The van der Waals surface area contributed by atoms with Crippen LogP contribution < -0.4 is 5.56 Å². The molecule has 1 aromatic carbocycles. The van der Waals surface area contributed by atoms with Crippen molar-refractivity contribution in [2.45, 2.75) is 0 Å². The Kier molecular flexibility index (Phi) is 1.55. The summed E-state index contributed by atoms with van der Waals surface area (Å²) in [6, 6.07) is 4.52. The van der Waals surface area contributed by atoms with Crippen LogP contribution in [0.1, 0.15) is 0 Å². The van der Waals surface area contributed by atoms with Crippen molar-refractivity contribution in [3.63, 3.8) is 0 Å². The highest BCUT2D eigenvalue weighted by Crippen LogP contribution is 2.13. The molecule has 0 unspecified atom stereocenters. The van der Waals surface area contributed by atoms with Gasteiger partial charge in [-0.1, -0.05) is 0 Å². The second-order valence-corrected chi connectivity index (χ2v) is 2.86. The number of benzene rings is 1. The molecule has 0 saturated carbocycles. The van der Waals surface area contributed by atoms with Crippen LogP contribution in [0.4, 0.5) is 0 Å². The molecular weight excluding hydrogens is 168 g/mol. The van der Waals surface area contributed by atoms with Crippen LogP contribution in [0.15, 0.2) is 29.3 Å². The minimum absolute atomic E-state index is 0.106. The predicted octanol–water partition coefficient (Wildman–Crippen LogP) is 0.639. The molecule has 1 N–H and O–H groups in total. The van der Waals surface area contributed by atoms with Crippen molar-refractivity contribution in [1.29, 1.82) is 0 Å². The Bertz CT molecular complexity index is 516. The predicted molar refractivity (Wildman–Crippen MR) is 48.6 cm³/mol. The average Bonchev–Trinajstić information content (AvgIpc) is 2.12. The Morgan fingerprint density at radius 3 is 3.00 bits per heavy atom. The number of nitrogens with zero attached hydrogens (tertiary/aromatic N) is 2. The molecule has 0 fully saturated rings. The molecule has 0 aliphatic heterocycles. The zero-order chi connectivity index (χ0) is 9.42. The van der Waals surface area contributed by atoms with Gasteiger partial charge in [-0.2, -0.15) is 0 Å². The van der Waals surface area contributed by atoms with E-state index in [4.69, 9.17) is 5.11 Å². The zero-order valence-electron chi connectivity index (χ0n) is 7.06. The van der Waals surface area contributed by atoms with Gasteiger partial charge in [-0.15, -0.1) is 0 Å². The Balaban J connectivity index is 2.95. The second-order valence-electron chi connectivity index (χ2n) is 2.86. The Morgan fingerprint density at radius 2 is 2.23 bits per heavy atom. The van der Waals surface area contributed by atoms with Gasteiger partial charge in [0.1, 0.15) is 5.75 Å². The van der Waals surface area contributed by atoms with Crippen LogP contribution in [0.2, 0.25) is 0 Å². The number of aromatic nitrogens is 2. The Morgan fingerprint density at radius 1 is 1.46 bits per heavy atom. The molecule has 0 saturated heterocycles. The summed E-state index contributed by atoms with van der Waals surface area (Å²) in [7, 11) is 1.64. The van der Waals surface area contributed by atoms with Crippen molar-refractivity contribution in [1.82, 2.24) is 9.55 Å². The van der Waals surface area contributed by atoms with Crippen LogP contribution in [0.25, 0.3) is 10.9 Å². The molecule has 0 aliphatic carbocycles. The Hall–Kier alpha value is -1.84. The largest absolute Gasteiger partial charge is 0.508 e. The lowest BCUT2D eigenvalue weighted by atomic mass is 10.2. The normalized spacial score (nSPS) is 10.5. The van der Waals surface area contributed by atoms with Crippen molar-refractivity contribution < 1.29 is 5.11 Å². The van der Waals surface area contributed by atoms with Gasteiger partial charge in [-0.05, 0) is 12.1 Å². The van der Waals surface area contributed by atoms with Gasteiger partial charge in [-0.25, -0.2) is 4.98 Å². The van der Waals surface area contributed by atoms with Gasteiger partial charge >= 0.3 is 0 Å². The van der Waals surface area contributed by atoms with Crippen molar-refractivity contribution in [2.75, 3.05) is 0 Å². The van der Waals surface area contributed by atoms with E-state index in [1.165, 1.54) is 23.0 Å². The first-order valence-corrected chi connectivity index (χ1v) is 3.83. The maximum atomic E-state index is 11.5. The van der Waals surface area contributed by atoms with E-state index in [0.717, 1.165) is 0 Å². The molecule has 0 bridgehead atoms. The monoisotopic (exact) mass is 176 g/mol. The average molecular weight is 176 g/mol. The van der Waals surface area contributed by atoms with Crippen molar-refractivity contribution in [2.24, 2.45) is 7.05 Å². The minimum Gasteiger partial charge on any atom is -0.508 e. The van der Waals surface area contributed by atoms with Gasteiger partial charge in [0, 0.05) is 13.1 Å². The third-order valence-corrected chi connectivity index (χ3v) is 1.90. The summed E-state index contributed by atoms with van der Waals surface area (Å²) in [6.45, 7) is 0. The topological polar surface area (TPSA) is 55.1 Å². The van der Waals surface area contributed by atoms with Crippen LogP contribution in [0.3, 0.4) is 0 Å². The molecule has 0 aliphatic rings. The highest BCUT2D eigenvalue weighted by Gasteiger charge is 2.01. The number of aryl methyl sites for hydroxylation is 1. The SMILES string of the molecule is Cn1cnc2cc(O)ccc2c1=O. The number of hydrogen-bond acceptors (Lipinski definition) is 3. The third kappa shape index (κ3) is 1.16. The highest BCUT2D eigenvalue weighted by atomic mass is 16.3. The van der Waals surface area contributed by atoms with E-state index >= 15 is 0 Å². The molecule has 0 atom stereocenters. The van der Waals surface area contributed by atoms with Crippen molar-refractivity contribution in [3.8, 4) is 5.75 Å². The zero-order valence-corrected chi connectivity index (χ0v) is 7.06. The third-order valence-electron chi connectivity index (χ3n) is 1.90. The first-order chi connectivity index (χ1) is 6.18. The van der Waals surface area contributed by atoms with Crippen LogP contribution in [-0.4, -0.2) is 14.7 Å². The van der Waals surface area contributed by atoms with E-state index in [9.17, 15) is 4.79 Å². The van der Waals surface area contributed by atoms with Gasteiger partial charge in [0.2, 0.25) is 0 Å². The summed E-state index contributed by atoms with van der Waals surface area (Å²) in [6.07, 6.45) is 1.43. The van der Waals surface area contributed by atoms with E-state index in [0.29, 0.717) is 10.9 Å². The molecule has 66 valence electrons. The van der Waals surface area contributed by atoms with Crippen LogP contribution in [0, 0.1) is 0 Å². The maximum absolute atomic E-state index is 11.5. The fraction of sp³-hybridized carbons (Fsp3) is 0.111. The first kappa shape index (κ1) is 7.79. The maximum Gasteiger partial charge on any atom is 0.260 e. The van der Waals surface area contributed by atoms with E-state index in [-0.39, 0.29) is 11.3 Å². The summed E-state index contributed by atoms with van der Waals surface area (Å²) < 4.78 is 1.40. The lowest BCUT2D eigenvalue weighted by Gasteiger charge is -1.99. The van der Waals surface area contributed by atoms with Gasteiger partial charge in [0.05, 0.1) is 17.2 Å². The first-order valence-electron chi connectivity index (χ1n) is 3.83. The van der Waals surface area contributed by atoms with Crippen LogP contribution >= 0.6 is 0 Å². The quantitative estimate of drug-likeness (QED) is 0.640. The second kappa shape index (κ2) is 2.58. The Labute approximate surface area is 74.1 Å². The van der Waals surface area contributed by atoms with E-state index in [2.05, 4.69) is 4.98 Å². The number of phenols is 1. The smallest absolute Gasteiger partial charge is 0.260 e. The van der Waals surface area contributed by atoms with Crippen LogP contribution in [-0.2, 0) is 7.05 Å². The van der Waals surface area contributed by atoms with Crippen LogP contribution in [0.5, 0.6) is 5.75 Å². The standard InChI is InChI=1S/C9H8N2O2/c1-11-5-10-8-4-6(12)2-3-7(8)9(11)13/h2-5,12H,1H3. The highest BCUT2D eigenvalue weighted by molar-refractivity contribution is 5.78. The molecule has 2 rings (SSSR count). The van der Waals surface area contributed by atoms with Crippen molar-refractivity contribution in [3.05, 3.63) is 34.9 Å². The molecule has 1 heterocycles. The van der Waals surface area contributed by atoms with E-state index in [1.807, 2.05) is 0 Å². The molecule has 4 heteroatoms. The van der Waals surface area contributed by atoms with Crippen molar-refractivity contribution >= 4 is 10.9 Å². The van der Waals surface area contributed by atoms with Gasteiger partial charge < -0.3 is 9.67 Å².